The van der Waals surface area contributed by atoms with E-state index in [1.165, 1.54) is 0 Å². The molecule has 2 unspecified atom stereocenters. The van der Waals surface area contributed by atoms with Crippen LogP contribution >= 0.6 is 15.9 Å². The monoisotopic (exact) mass is 312 g/mol. The van der Waals surface area contributed by atoms with Crippen molar-refractivity contribution >= 4 is 15.9 Å². The molecule has 1 fully saturated rings. The summed E-state index contributed by atoms with van der Waals surface area (Å²) < 4.78 is 1.02. The van der Waals surface area contributed by atoms with Crippen LogP contribution in [0.1, 0.15) is 25.5 Å². The number of likely N-dealkylation sites (N-methyl/N-ethyl adjacent to an activating group) is 1. The van der Waals surface area contributed by atoms with Crippen LogP contribution in [0.5, 0.6) is 5.75 Å². The summed E-state index contributed by atoms with van der Waals surface area (Å²) in [5, 5.41) is 10.00. The lowest BCUT2D eigenvalue weighted by atomic mass is 10.0. The van der Waals surface area contributed by atoms with Gasteiger partial charge in [0.1, 0.15) is 5.75 Å². The Balaban J connectivity index is 2.16. The van der Waals surface area contributed by atoms with Crippen molar-refractivity contribution in [3.05, 3.63) is 28.2 Å². The van der Waals surface area contributed by atoms with Gasteiger partial charge in [-0.1, -0.05) is 15.9 Å². The Morgan fingerprint density at radius 1 is 1.39 bits per heavy atom. The summed E-state index contributed by atoms with van der Waals surface area (Å²) in [5.74, 6) is 0.386. The van der Waals surface area contributed by atoms with Gasteiger partial charge in [-0.2, -0.15) is 0 Å². The number of nitrogens with zero attached hydrogens (tertiary/aromatic N) is 2. The van der Waals surface area contributed by atoms with E-state index in [0.717, 1.165) is 29.7 Å². The molecule has 1 N–H and O–H groups in total. The molecular weight excluding hydrogens is 292 g/mol. The lowest BCUT2D eigenvalue weighted by Gasteiger charge is -2.41. The summed E-state index contributed by atoms with van der Waals surface area (Å²) in [6.45, 7) is 7.59. The summed E-state index contributed by atoms with van der Waals surface area (Å²) >= 11 is 3.47. The summed E-state index contributed by atoms with van der Waals surface area (Å²) in [4.78, 5) is 4.82. The Bertz CT molecular complexity index is 424. The van der Waals surface area contributed by atoms with Gasteiger partial charge in [-0.25, -0.2) is 0 Å². The van der Waals surface area contributed by atoms with Crippen LogP contribution in [0.2, 0.25) is 0 Å². The van der Waals surface area contributed by atoms with E-state index >= 15 is 0 Å². The molecule has 1 heterocycles. The van der Waals surface area contributed by atoms with Gasteiger partial charge in [0, 0.05) is 41.8 Å². The minimum absolute atomic E-state index is 0.249. The van der Waals surface area contributed by atoms with Gasteiger partial charge in [0.25, 0.3) is 0 Å². The number of phenols is 1. The second-order valence-corrected chi connectivity index (χ2v) is 6.12. The van der Waals surface area contributed by atoms with Gasteiger partial charge in [0.05, 0.1) is 0 Å². The third-order valence-corrected chi connectivity index (χ3v) is 4.47. The number of piperazine rings is 1. The average Bonchev–Trinajstić information content (AvgIpc) is 2.35. The highest BCUT2D eigenvalue weighted by molar-refractivity contribution is 9.10. The first-order valence-electron chi connectivity index (χ1n) is 6.41. The van der Waals surface area contributed by atoms with Crippen molar-refractivity contribution in [3.63, 3.8) is 0 Å². The molecule has 0 aromatic heterocycles. The molecule has 0 bridgehead atoms. The lowest BCUT2D eigenvalue weighted by Crippen LogP contribution is -2.50. The molecule has 0 radical (unpaired) electrons. The van der Waals surface area contributed by atoms with E-state index in [4.69, 9.17) is 0 Å². The fraction of sp³-hybridized carbons (Fsp3) is 0.571. The fourth-order valence-electron chi connectivity index (χ4n) is 2.49. The maximum atomic E-state index is 10.00. The zero-order valence-electron chi connectivity index (χ0n) is 11.2. The molecule has 0 spiro atoms. The number of halogens is 1. The number of benzene rings is 1. The van der Waals surface area contributed by atoms with Crippen molar-refractivity contribution in [3.8, 4) is 5.75 Å². The van der Waals surface area contributed by atoms with Crippen LogP contribution in [0.3, 0.4) is 0 Å². The third kappa shape index (κ3) is 2.87. The van der Waals surface area contributed by atoms with Crippen LogP contribution in [0.25, 0.3) is 0 Å². The van der Waals surface area contributed by atoms with Gasteiger partial charge < -0.3 is 10.0 Å². The highest BCUT2D eigenvalue weighted by Gasteiger charge is 2.26. The summed E-state index contributed by atoms with van der Waals surface area (Å²) in [6.07, 6.45) is 0. The molecule has 100 valence electrons. The van der Waals surface area contributed by atoms with Crippen molar-refractivity contribution in [2.24, 2.45) is 0 Å². The van der Waals surface area contributed by atoms with E-state index in [1.54, 1.807) is 6.07 Å². The van der Waals surface area contributed by atoms with Crippen LogP contribution in [0.15, 0.2) is 22.7 Å². The van der Waals surface area contributed by atoms with Crippen molar-refractivity contribution in [1.29, 1.82) is 0 Å². The minimum atomic E-state index is 0.249. The van der Waals surface area contributed by atoms with Gasteiger partial charge in [-0.3, -0.25) is 4.90 Å². The van der Waals surface area contributed by atoms with Crippen LogP contribution in [-0.4, -0.2) is 47.6 Å². The van der Waals surface area contributed by atoms with Gasteiger partial charge in [0.15, 0.2) is 0 Å². The smallest absolute Gasteiger partial charge is 0.120 e. The van der Waals surface area contributed by atoms with E-state index < -0.39 is 0 Å². The normalized spacial score (nSPS) is 24.1. The quantitative estimate of drug-likeness (QED) is 0.909. The van der Waals surface area contributed by atoms with Crippen LogP contribution in [-0.2, 0) is 0 Å². The molecule has 0 aliphatic carbocycles. The molecule has 1 aliphatic heterocycles. The highest BCUT2D eigenvalue weighted by Crippen LogP contribution is 2.31. The molecule has 18 heavy (non-hydrogen) atoms. The van der Waals surface area contributed by atoms with E-state index in [-0.39, 0.29) is 6.04 Å². The molecular formula is C14H21BrN2O. The Kier molecular flexibility index (Phi) is 4.30. The fourth-order valence-corrected chi connectivity index (χ4v) is 2.86. The van der Waals surface area contributed by atoms with E-state index in [9.17, 15) is 5.11 Å². The van der Waals surface area contributed by atoms with Crippen molar-refractivity contribution in [2.75, 3.05) is 26.7 Å². The third-order valence-electron chi connectivity index (χ3n) is 3.98. The number of rotatable bonds is 2. The zero-order chi connectivity index (χ0) is 13.3. The molecule has 3 nitrogen and oxygen atoms in total. The Morgan fingerprint density at radius 2 is 2.11 bits per heavy atom. The van der Waals surface area contributed by atoms with Gasteiger partial charge in [0.2, 0.25) is 0 Å². The maximum absolute atomic E-state index is 10.00. The van der Waals surface area contributed by atoms with Crippen molar-refractivity contribution in [1.82, 2.24) is 9.80 Å². The van der Waals surface area contributed by atoms with Gasteiger partial charge in [-0.15, -0.1) is 0 Å². The Morgan fingerprint density at radius 3 is 2.78 bits per heavy atom. The summed E-state index contributed by atoms with van der Waals surface area (Å²) in [7, 11) is 2.17. The number of hydrogen-bond acceptors (Lipinski definition) is 3. The second kappa shape index (κ2) is 5.59. The van der Waals surface area contributed by atoms with E-state index in [0.29, 0.717) is 11.8 Å². The standard InChI is InChI=1S/C14H21BrN2O/c1-10-9-17(7-6-16(10)3)11(2)13-8-12(15)4-5-14(13)18/h4-5,8,10-11,18H,6-7,9H2,1-3H3. The van der Waals surface area contributed by atoms with Crippen molar-refractivity contribution in [2.45, 2.75) is 25.9 Å². The maximum Gasteiger partial charge on any atom is 0.120 e. The van der Waals surface area contributed by atoms with E-state index in [1.807, 2.05) is 12.1 Å². The second-order valence-electron chi connectivity index (χ2n) is 5.20. The van der Waals surface area contributed by atoms with Crippen LogP contribution < -0.4 is 0 Å². The Labute approximate surface area is 118 Å². The lowest BCUT2D eigenvalue weighted by molar-refractivity contribution is 0.0766. The number of hydrogen-bond donors (Lipinski definition) is 1. The topological polar surface area (TPSA) is 26.7 Å². The first-order valence-corrected chi connectivity index (χ1v) is 7.21. The molecule has 0 saturated carbocycles. The predicted molar refractivity (Wildman–Crippen MR) is 77.9 cm³/mol. The number of phenolic OH excluding ortho intramolecular Hbond substituents is 1. The molecule has 2 atom stereocenters. The first kappa shape index (κ1) is 13.8. The highest BCUT2D eigenvalue weighted by atomic mass is 79.9. The molecule has 1 aromatic rings. The largest absolute Gasteiger partial charge is 0.508 e. The average molecular weight is 313 g/mol. The van der Waals surface area contributed by atoms with Crippen LogP contribution in [0.4, 0.5) is 0 Å². The number of aromatic hydroxyl groups is 1. The summed E-state index contributed by atoms with van der Waals surface area (Å²) in [5.41, 5.74) is 1.00. The molecule has 4 heteroatoms. The van der Waals surface area contributed by atoms with E-state index in [2.05, 4.69) is 46.6 Å². The van der Waals surface area contributed by atoms with Crippen molar-refractivity contribution < 1.29 is 5.11 Å². The SMILES string of the molecule is CC1CN(C(C)c2cc(Br)ccc2O)CCN1C. The predicted octanol–water partition coefficient (Wildman–Crippen LogP) is 2.85. The van der Waals surface area contributed by atoms with Crippen LogP contribution in [0, 0.1) is 0 Å². The zero-order valence-corrected chi connectivity index (χ0v) is 12.8. The molecule has 1 aromatic carbocycles. The first-order chi connectivity index (χ1) is 8.49. The molecule has 0 amide bonds. The molecule has 2 rings (SSSR count). The van der Waals surface area contributed by atoms with Gasteiger partial charge >= 0.3 is 0 Å². The van der Waals surface area contributed by atoms with Gasteiger partial charge in [-0.05, 0) is 39.1 Å². The molecule has 1 saturated heterocycles. The minimum Gasteiger partial charge on any atom is -0.508 e. The Hall–Kier alpha value is -0.580. The molecule has 1 aliphatic rings. The summed E-state index contributed by atoms with van der Waals surface area (Å²) in [6, 6.07) is 6.46.